The lowest BCUT2D eigenvalue weighted by atomic mass is 9.93. The van der Waals surface area contributed by atoms with E-state index < -0.39 is 0 Å². The van der Waals surface area contributed by atoms with Gasteiger partial charge in [0.1, 0.15) is 5.82 Å². The third-order valence-electron chi connectivity index (χ3n) is 7.01. The molecule has 3 aliphatic rings. The molecular weight excluding hydrogens is 350 g/mol. The molecule has 7 heteroatoms. The van der Waals surface area contributed by atoms with Crippen LogP contribution in [0.3, 0.4) is 0 Å². The number of nitrogens with zero attached hydrogens (tertiary/aromatic N) is 6. The van der Waals surface area contributed by atoms with E-state index in [-0.39, 0.29) is 0 Å². The molecule has 2 aromatic rings. The number of aliphatic imine (C=N–C) groups is 1. The summed E-state index contributed by atoms with van der Waals surface area (Å²) in [5, 5.41) is 12.1. The van der Waals surface area contributed by atoms with Crippen LogP contribution in [0.4, 0.5) is 0 Å². The van der Waals surface area contributed by atoms with E-state index in [1.165, 1.54) is 38.8 Å². The van der Waals surface area contributed by atoms with Crippen LogP contribution in [0.1, 0.15) is 31.5 Å². The minimum absolute atomic E-state index is 0.814. The van der Waals surface area contributed by atoms with Crippen molar-refractivity contribution in [2.45, 2.75) is 38.1 Å². The summed E-state index contributed by atoms with van der Waals surface area (Å²) in [7, 11) is 1.89. The van der Waals surface area contributed by atoms with E-state index in [0.29, 0.717) is 0 Å². The molecule has 3 fully saturated rings. The zero-order chi connectivity index (χ0) is 18.9. The van der Waals surface area contributed by atoms with Gasteiger partial charge in [-0.25, -0.2) is 0 Å². The van der Waals surface area contributed by atoms with Gasteiger partial charge in [-0.1, -0.05) is 12.5 Å². The summed E-state index contributed by atoms with van der Waals surface area (Å²) in [6.07, 6.45) is 8.74. The zero-order valence-electron chi connectivity index (χ0n) is 16.8. The highest BCUT2D eigenvalue weighted by Crippen LogP contribution is 2.46. The fourth-order valence-electron chi connectivity index (χ4n) is 5.60. The first-order valence-corrected chi connectivity index (χ1v) is 10.8. The van der Waals surface area contributed by atoms with Crippen LogP contribution in [-0.2, 0) is 6.42 Å². The molecule has 2 aromatic heterocycles. The fraction of sp³-hybridized carbons (Fsp3) is 0.667. The lowest BCUT2D eigenvalue weighted by Crippen LogP contribution is -2.55. The van der Waals surface area contributed by atoms with Crippen molar-refractivity contribution in [3.63, 3.8) is 0 Å². The highest BCUT2D eigenvalue weighted by Gasteiger charge is 2.42. The third-order valence-corrected chi connectivity index (χ3v) is 7.01. The highest BCUT2D eigenvalue weighted by molar-refractivity contribution is 5.80. The molecule has 0 radical (unpaired) electrons. The van der Waals surface area contributed by atoms with Crippen LogP contribution in [0.25, 0.3) is 5.65 Å². The third kappa shape index (κ3) is 3.36. The minimum atomic E-state index is 0.814. The Kier molecular flexibility index (Phi) is 4.93. The summed E-state index contributed by atoms with van der Waals surface area (Å²) in [6, 6.07) is 6.85. The minimum Gasteiger partial charge on any atom is -0.356 e. The fourth-order valence-corrected chi connectivity index (χ4v) is 5.60. The number of guanidine groups is 1. The molecule has 1 saturated heterocycles. The van der Waals surface area contributed by atoms with Gasteiger partial charge in [-0.3, -0.25) is 14.3 Å². The number of rotatable bonds is 4. The van der Waals surface area contributed by atoms with E-state index in [2.05, 4.69) is 34.7 Å². The smallest absolute Gasteiger partial charge is 0.193 e. The Morgan fingerprint density at radius 2 is 2.04 bits per heavy atom. The molecule has 2 saturated carbocycles. The number of piperazine rings is 1. The summed E-state index contributed by atoms with van der Waals surface area (Å²) < 4.78 is 2.05. The van der Waals surface area contributed by atoms with Gasteiger partial charge in [0.15, 0.2) is 11.6 Å². The Hall–Kier alpha value is -2.15. The second-order valence-electron chi connectivity index (χ2n) is 8.53. The topological polar surface area (TPSA) is 61.1 Å². The average Bonchev–Trinajstić information content (AvgIpc) is 3.47. The number of pyridine rings is 1. The molecule has 0 amide bonds. The molecule has 3 atom stereocenters. The van der Waals surface area contributed by atoms with Crippen molar-refractivity contribution < 1.29 is 0 Å². The van der Waals surface area contributed by atoms with E-state index in [0.717, 1.165) is 61.4 Å². The summed E-state index contributed by atoms with van der Waals surface area (Å²) >= 11 is 0. The Balaban J connectivity index is 1.12. The normalized spacial score (nSPS) is 28.4. The standard InChI is InChI=1S/C21H31N7/c1-22-21(23-8-7-20-25-24-19-4-2-3-9-28(19)20)27-12-10-26(11-13-27)18-15-16-5-6-17(18)14-16/h2-4,9,16-18H,5-8,10-15H2,1H3,(H,22,23). The van der Waals surface area contributed by atoms with Gasteiger partial charge in [0.05, 0.1) is 0 Å². The van der Waals surface area contributed by atoms with Crippen molar-refractivity contribution in [3.05, 3.63) is 30.2 Å². The predicted octanol–water partition coefficient (Wildman–Crippen LogP) is 1.65. The lowest BCUT2D eigenvalue weighted by Gasteiger charge is -2.41. The molecule has 7 nitrogen and oxygen atoms in total. The maximum Gasteiger partial charge on any atom is 0.193 e. The molecule has 0 aromatic carbocycles. The van der Waals surface area contributed by atoms with Crippen molar-refractivity contribution in [1.82, 2.24) is 29.7 Å². The van der Waals surface area contributed by atoms with Crippen molar-refractivity contribution in [3.8, 4) is 0 Å². The molecule has 3 unspecified atom stereocenters. The molecular formula is C21H31N7. The summed E-state index contributed by atoms with van der Waals surface area (Å²) in [4.78, 5) is 9.69. The molecule has 5 rings (SSSR count). The molecule has 2 bridgehead atoms. The molecule has 0 spiro atoms. The molecule has 1 aliphatic heterocycles. The van der Waals surface area contributed by atoms with E-state index in [9.17, 15) is 0 Å². The first kappa shape index (κ1) is 17.9. The first-order chi connectivity index (χ1) is 13.8. The van der Waals surface area contributed by atoms with Crippen LogP contribution in [-0.4, -0.2) is 76.2 Å². The van der Waals surface area contributed by atoms with Gasteiger partial charge in [0, 0.05) is 58.4 Å². The van der Waals surface area contributed by atoms with Crippen LogP contribution >= 0.6 is 0 Å². The van der Waals surface area contributed by atoms with Crippen LogP contribution in [0, 0.1) is 11.8 Å². The van der Waals surface area contributed by atoms with E-state index in [1.54, 1.807) is 0 Å². The van der Waals surface area contributed by atoms with Gasteiger partial charge < -0.3 is 10.2 Å². The van der Waals surface area contributed by atoms with Gasteiger partial charge in [0.25, 0.3) is 0 Å². The Morgan fingerprint density at radius 3 is 2.79 bits per heavy atom. The molecule has 28 heavy (non-hydrogen) atoms. The molecule has 1 N–H and O–H groups in total. The lowest BCUT2D eigenvalue weighted by molar-refractivity contribution is 0.0959. The van der Waals surface area contributed by atoms with Crippen molar-refractivity contribution >= 4 is 11.6 Å². The Morgan fingerprint density at radius 1 is 1.14 bits per heavy atom. The SMILES string of the molecule is CN=C(NCCc1nnc2ccccn12)N1CCN(C2CC3CCC2C3)CC1. The van der Waals surface area contributed by atoms with Gasteiger partial charge in [-0.05, 0) is 43.2 Å². The largest absolute Gasteiger partial charge is 0.356 e. The Bertz CT molecular complexity index is 836. The van der Waals surface area contributed by atoms with Crippen molar-refractivity contribution in [2.24, 2.45) is 16.8 Å². The number of hydrogen-bond acceptors (Lipinski definition) is 4. The Labute approximate surface area is 166 Å². The van der Waals surface area contributed by atoms with Crippen LogP contribution < -0.4 is 5.32 Å². The number of hydrogen-bond donors (Lipinski definition) is 1. The second-order valence-corrected chi connectivity index (χ2v) is 8.53. The summed E-state index contributed by atoms with van der Waals surface area (Å²) in [6.45, 7) is 5.30. The summed E-state index contributed by atoms with van der Waals surface area (Å²) in [5.74, 6) is 4.00. The van der Waals surface area contributed by atoms with E-state index in [1.807, 2.05) is 31.4 Å². The zero-order valence-corrected chi connectivity index (χ0v) is 16.8. The quantitative estimate of drug-likeness (QED) is 0.645. The molecule has 3 heterocycles. The first-order valence-electron chi connectivity index (χ1n) is 10.8. The van der Waals surface area contributed by atoms with Gasteiger partial charge in [-0.15, -0.1) is 10.2 Å². The van der Waals surface area contributed by atoms with Crippen LogP contribution in [0.15, 0.2) is 29.4 Å². The van der Waals surface area contributed by atoms with Crippen molar-refractivity contribution in [2.75, 3.05) is 39.8 Å². The van der Waals surface area contributed by atoms with E-state index >= 15 is 0 Å². The number of aromatic nitrogens is 3. The number of nitrogens with one attached hydrogen (secondary N) is 1. The van der Waals surface area contributed by atoms with Gasteiger partial charge in [0.2, 0.25) is 0 Å². The maximum atomic E-state index is 4.52. The predicted molar refractivity (Wildman–Crippen MR) is 110 cm³/mol. The number of fused-ring (bicyclic) bond motifs is 3. The van der Waals surface area contributed by atoms with Crippen LogP contribution in [0.2, 0.25) is 0 Å². The van der Waals surface area contributed by atoms with Gasteiger partial charge >= 0.3 is 0 Å². The molecule has 2 aliphatic carbocycles. The monoisotopic (exact) mass is 381 g/mol. The second kappa shape index (κ2) is 7.70. The molecule has 150 valence electrons. The highest BCUT2D eigenvalue weighted by atomic mass is 15.4. The van der Waals surface area contributed by atoms with Crippen LogP contribution in [0.5, 0.6) is 0 Å². The summed E-state index contributed by atoms with van der Waals surface area (Å²) in [5.41, 5.74) is 0.901. The van der Waals surface area contributed by atoms with Crippen molar-refractivity contribution in [1.29, 1.82) is 0 Å². The van der Waals surface area contributed by atoms with E-state index in [4.69, 9.17) is 0 Å². The average molecular weight is 382 g/mol. The van der Waals surface area contributed by atoms with Gasteiger partial charge in [-0.2, -0.15) is 0 Å². The maximum absolute atomic E-state index is 4.52.